The van der Waals surface area contributed by atoms with Gasteiger partial charge in [0, 0.05) is 22.5 Å². The van der Waals surface area contributed by atoms with Crippen molar-refractivity contribution in [3.05, 3.63) is 72.6 Å². The summed E-state index contributed by atoms with van der Waals surface area (Å²) < 4.78 is 0. The average Bonchev–Trinajstić information content (AvgIpc) is 3.39. The third kappa shape index (κ3) is 3.43. The molecule has 0 spiro atoms. The number of hydrogen-bond acceptors (Lipinski definition) is 5. The number of nitrogens with zero attached hydrogens (tertiary/aromatic N) is 3. The van der Waals surface area contributed by atoms with Crippen LogP contribution < -0.4 is 4.90 Å². The molecule has 4 aromatic rings. The van der Waals surface area contributed by atoms with E-state index in [4.69, 9.17) is 0 Å². The van der Waals surface area contributed by atoms with Crippen LogP contribution in [0.5, 0.6) is 0 Å². The van der Waals surface area contributed by atoms with Gasteiger partial charge in [-0.1, -0.05) is 60.3 Å². The molecule has 0 saturated heterocycles. The second-order valence-electron chi connectivity index (χ2n) is 7.00. The fourth-order valence-electron chi connectivity index (χ4n) is 3.68. The molecule has 1 aliphatic rings. The molecule has 0 fully saturated rings. The Morgan fingerprint density at radius 2 is 1.90 bits per heavy atom. The standard InChI is InChI=1S/C23H19N3OS2/c1-15(23(27)26-12-11-16-7-5-6-10-19(16)26)28-21-18-13-20(17-8-3-2-4-9-17)29-22(18)25-14-24-21/h2-10,13-15H,11-12H2,1H3/t15-/m1/s1. The van der Waals surface area contributed by atoms with E-state index in [1.54, 1.807) is 17.7 Å². The fourth-order valence-corrected chi connectivity index (χ4v) is 5.70. The van der Waals surface area contributed by atoms with E-state index in [9.17, 15) is 4.79 Å². The maximum absolute atomic E-state index is 13.1. The highest BCUT2D eigenvalue weighted by Crippen LogP contribution is 2.38. The minimum absolute atomic E-state index is 0.130. The van der Waals surface area contributed by atoms with Gasteiger partial charge < -0.3 is 4.90 Å². The smallest absolute Gasteiger partial charge is 0.240 e. The first kappa shape index (κ1) is 18.3. The van der Waals surface area contributed by atoms with Crippen LogP contribution in [-0.2, 0) is 11.2 Å². The Morgan fingerprint density at radius 1 is 1.10 bits per heavy atom. The van der Waals surface area contributed by atoms with Crippen molar-refractivity contribution in [1.82, 2.24) is 9.97 Å². The summed E-state index contributed by atoms with van der Waals surface area (Å²) in [5.74, 6) is 0.130. The predicted molar refractivity (Wildman–Crippen MR) is 121 cm³/mol. The molecule has 5 rings (SSSR count). The molecule has 0 aliphatic carbocycles. The van der Waals surface area contributed by atoms with Crippen molar-refractivity contribution in [3.63, 3.8) is 0 Å². The fraction of sp³-hybridized carbons (Fsp3) is 0.174. The highest BCUT2D eigenvalue weighted by molar-refractivity contribution is 8.00. The number of thioether (sulfide) groups is 1. The van der Waals surface area contributed by atoms with Crippen molar-refractivity contribution in [2.45, 2.75) is 23.6 Å². The molecule has 1 amide bonds. The number of amides is 1. The molecule has 29 heavy (non-hydrogen) atoms. The number of aromatic nitrogens is 2. The topological polar surface area (TPSA) is 46.1 Å². The van der Waals surface area contributed by atoms with Crippen LogP contribution in [-0.4, -0.2) is 27.7 Å². The largest absolute Gasteiger partial charge is 0.311 e. The van der Waals surface area contributed by atoms with Gasteiger partial charge >= 0.3 is 0 Å². The molecule has 0 N–H and O–H groups in total. The number of rotatable bonds is 4. The quantitative estimate of drug-likeness (QED) is 0.328. The number of fused-ring (bicyclic) bond motifs is 2. The van der Waals surface area contributed by atoms with Crippen LogP contribution in [0.4, 0.5) is 5.69 Å². The summed E-state index contributed by atoms with van der Waals surface area (Å²) in [7, 11) is 0. The summed E-state index contributed by atoms with van der Waals surface area (Å²) in [5, 5.41) is 1.66. The van der Waals surface area contributed by atoms with Gasteiger partial charge in [0.1, 0.15) is 16.2 Å². The van der Waals surface area contributed by atoms with Crippen molar-refractivity contribution in [3.8, 4) is 10.4 Å². The lowest BCUT2D eigenvalue weighted by atomic mass is 10.2. The zero-order chi connectivity index (χ0) is 19.8. The van der Waals surface area contributed by atoms with E-state index in [-0.39, 0.29) is 11.2 Å². The highest BCUT2D eigenvalue weighted by atomic mass is 32.2. The Bertz CT molecular complexity index is 1190. The van der Waals surface area contributed by atoms with Gasteiger partial charge in [-0.3, -0.25) is 4.79 Å². The van der Waals surface area contributed by atoms with Gasteiger partial charge in [0.05, 0.1) is 5.25 Å². The molecule has 0 unspecified atom stereocenters. The first-order chi connectivity index (χ1) is 14.2. The monoisotopic (exact) mass is 417 g/mol. The normalized spacial score (nSPS) is 14.2. The van der Waals surface area contributed by atoms with Gasteiger partial charge in [0.25, 0.3) is 0 Å². The summed E-state index contributed by atoms with van der Waals surface area (Å²) >= 11 is 3.17. The summed E-state index contributed by atoms with van der Waals surface area (Å²) in [6, 6.07) is 20.6. The molecular weight excluding hydrogens is 398 g/mol. The third-order valence-electron chi connectivity index (χ3n) is 5.14. The summed E-state index contributed by atoms with van der Waals surface area (Å²) in [6.45, 7) is 2.71. The lowest BCUT2D eigenvalue weighted by Gasteiger charge is -2.21. The molecule has 0 bridgehead atoms. The Morgan fingerprint density at radius 3 is 2.76 bits per heavy atom. The van der Waals surface area contributed by atoms with E-state index in [1.165, 1.54) is 22.9 Å². The Balaban J connectivity index is 1.41. The molecule has 0 saturated carbocycles. The van der Waals surface area contributed by atoms with E-state index in [1.807, 2.05) is 48.2 Å². The maximum atomic E-state index is 13.1. The van der Waals surface area contributed by atoms with Crippen LogP contribution >= 0.6 is 23.1 Å². The summed E-state index contributed by atoms with van der Waals surface area (Å²) in [6.07, 6.45) is 2.51. The second kappa shape index (κ2) is 7.61. The molecule has 0 radical (unpaired) electrons. The number of anilines is 1. The van der Waals surface area contributed by atoms with Crippen molar-refractivity contribution >= 4 is 44.9 Å². The van der Waals surface area contributed by atoms with Gasteiger partial charge in [-0.05, 0) is 36.6 Å². The number of thiophene rings is 1. The van der Waals surface area contributed by atoms with Crippen molar-refractivity contribution < 1.29 is 4.79 Å². The number of hydrogen-bond donors (Lipinski definition) is 0. The molecule has 2 aromatic heterocycles. The van der Waals surface area contributed by atoms with Crippen LogP contribution in [0.1, 0.15) is 12.5 Å². The number of benzene rings is 2. The second-order valence-corrected chi connectivity index (χ2v) is 9.36. The number of carbonyl (C=O) groups is 1. The molecule has 1 atom stereocenters. The van der Waals surface area contributed by atoms with Gasteiger partial charge in [0.15, 0.2) is 0 Å². The molecule has 6 heteroatoms. The number of carbonyl (C=O) groups excluding carboxylic acids is 1. The lowest BCUT2D eigenvalue weighted by molar-refractivity contribution is -0.117. The predicted octanol–water partition coefficient (Wildman–Crippen LogP) is 5.43. The van der Waals surface area contributed by atoms with Crippen LogP contribution in [0.15, 0.2) is 72.0 Å². The zero-order valence-electron chi connectivity index (χ0n) is 15.9. The van der Waals surface area contributed by atoms with Crippen LogP contribution in [0.2, 0.25) is 0 Å². The van der Waals surface area contributed by atoms with Gasteiger partial charge in [-0.25, -0.2) is 9.97 Å². The molecule has 144 valence electrons. The van der Waals surface area contributed by atoms with Crippen LogP contribution in [0.25, 0.3) is 20.7 Å². The average molecular weight is 418 g/mol. The number of para-hydroxylation sites is 1. The molecule has 2 aromatic carbocycles. The molecule has 3 heterocycles. The van der Waals surface area contributed by atoms with Gasteiger partial charge in [-0.2, -0.15) is 0 Å². The Kier molecular flexibility index (Phi) is 4.81. The first-order valence-electron chi connectivity index (χ1n) is 9.56. The van der Waals surface area contributed by atoms with E-state index < -0.39 is 0 Å². The Hall–Kier alpha value is -2.70. The Labute approximate surface area is 177 Å². The van der Waals surface area contributed by atoms with E-state index in [0.29, 0.717) is 0 Å². The summed E-state index contributed by atoms with van der Waals surface area (Å²) in [5.41, 5.74) is 3.46. The third-order valence-corrected chi connectivity index (χ3v) is 7.34. The zero-order valence-corrected chi connectivity index (χ0v) is 17.5. The van der Waals surface area contributed by atoms with Crippen LogP contribution in [0, 0.1) is 0 Å². The highest BCUT2D eigenvalue weighted by Gasteiger charge is 2.29. The van der Waals surface area contributed by atoms with E-state index in [0.717, 1.165) is 38.8 Å². The van der Waals surface area contributed by atoms with Crippen LogP contribution in [0.3, 0.4) is 0 Å². The van der Waals surface area contributed by atoms with E-state index >= 15 is 0 Å². The van der Waals surface area contributed by atoms with Gasteiger partial charge in [-0.15, -0.1) is 11.3 Å². The van der Waals surface area contributed by atoms with Crippen molar-refractivity contribution in [2.24, 2.45) is 0 Å². The minimum Gasteiger partial charge on any atom is -0.311 e. The van der Waals surface area contributed by atoms with Gasteiger partial charge in [0.2, 0.25) is 5.91 Å². The summed E-state index contributed by atoms with van der Waals surface area (Å²) in [4.78, 5) is 26.1. The van der Waals surface area contributed by atoms with Crippen molar-refractivity contribution in [1.29, 1.82) is 0 Å². The SMILES string of the molecule is C[C@@H](Sc1ncnc2sc(-c3ccccc3)cc12)C(=O)N1CCc2ccccc21. The van der Waals surface area contributed by atoms with Crippen molar-refractivity contribution in [2.75, 3.05) is 11.4 Å². The molecule has 1 aliphatic heterocycles. The molecule has 4 nitrogen and oxygen atoms in total. The maximum Gasteiger partial charge on any atom is 0.240 e. The molecular formula is C23H19N3OS2. The first-order valence-corrected chi connectivity index (χ1v) is 11.3. The van der Waals surface area contributed by atoms with E-state index in [2.05, 4.69) is 34.2 Å². The lowest BCUT2D eigenvalue weighted by Crippen LogP contribution is -2.35. The minimum atomic E-state index is -0.223.